The first-order valence-electron chi connectivity index (χ1n) is 5.16. The maximum atomic E-state index is 8.55. The van der Waals surface area contributed by atoms with E-state index in [1.807, 2.05) is 31.8 Å². The zero-order valence-corrected chi connectivity index (χ0v) is 9.96. The molecule has 0 spiro atoms. The lowest BCUT2D eigenvalue weighted by atomic mass is 10.1. The van der Waals surface area contributed by atoms with Gasteiger partial charge in [0, 0.05) is 31.9 Å². The molecule has 0 saturated heterocycles. The van der Waals surface area contributed by atoms with E-state index in [2.05, 4.69) is 15.0 Å². The summed E-state index contributed by atoms with van der Waals surface area (Å²) in [6.07, 6.45) is 3.69. The molecule has 0 aromatic carbocycles. The fourth-order valence-corrected chi connectivity index (χ4v) is 1.51. The van der Waals surface area contributed by atoms with Gasteiger partial charge in [0.25, 0.3) is 0 Å². The van der Waals surface area contributed by atoms with E-state index in [0.717, 1.165) is 18.9 Å². The van der Waals surface area contributed by atoms with Crippen molar-refractivity contribution < 1.29 is 5.21 Å². The molecule has 3 N–H and O–H groups in total. The number of amidine groups is 1. The zero-order chi connectivity index (χ0) is 12.1. The molecule has 0 aliphatic heterocycles. The highest BCUT2D eigenvalue weighted by molar-refractivity contribution is 5.82. The van der Waals surface area contributed by atoms with Crippen molar-refractivity contribution in [3.05, 3.63) is 18.2 Å². The number of hydrogen-bond acceptors (Lipinski definition) is 4. The lowest BCUT2D eigenvalue weighted by Gasteiger charge is -2.20. The van der Waals surface area contributed by atoms with Crippen LogP contribution in [0.25, 0.3) is 0 Å². The minimum absolute atomic E-state index is 0.0234. The van der Waals surface area contributed by atoms with Crippen LogP contribution in [0, 0.1) is 5.92 Å². The summed E-state index contributed by atoms with van der Waals surface area (Å²) in [6, 6.07) is 0. The summed E-state index contributed by atoms with van der Waals surface area (Å²) in [5, 5.41) is 11.5. The van der Waals surface area contributed by atoms with E-state index in [4.69, 9.17) is 10.9 Å². The Morgan fingerprint density at radius 2 is 2.44 bits per heavy atom. The second kappa shape index (κ2) is 5.50. The topological polar surface area (TPSA) is 79.7 Å². The van der Waals surface area contributed by atoms with Crippen molar-refractivity contribution in [1.82, 2.24) is 14.5 Å². The van der Waals surface area contributed by atoms with Gasteiger partial charge < -0.3 is 15.5 Å². The van der Waals surface area contributed by atoms with Gasteiger partial charge in [-0.3, -0.25) is 4.90 Å². The number of aryl methyl sites for hydroxylation is 1. The number of rotatable bonds is 5. The summed E-state index contributed by atoms with van der Waals surface area (Å²) in [6.45, 7) is 3.39. The molecule has 16 heavy (non-hydrogen) atoms. The van der Waals surface area contributed by atoms with E-state index in [1.165, 1.54) is 0 Å². The number of nitrogens with two attached hydrogens (primary N) is 1. The molecule has 0 bridgehead atoms. The van der Waals surface area contributed by atoms with E-state index < -0.39 is 0 Å². The fourth-order valence-electron chi connectivity index (χ4n) is 1.51. The summed E-state index contributed by atoms with van der Waals surface area (Å²) < 4.78 is 1.98. The smallest absolute Gasteiger partial charge is 0.143 e. The molecule has 0 radical (unpaired) electrons. The number of nitrogens with zero attached hydrogens (tertiary/aromatic N) is 4. The van der Waals surface area contributed by atoms with Gasteiger partial charge in [-0.1, -0.05) is 12.1 Å². The molecule has 0 fully saturated rings. The molecular formula is C10H19N5O. The van der Waals surface area contributed by atoms with Crippen LogP contribution in [0.1, 0.15) is 12.7 Å². The Morgan fingerprint density at radius 1 is 1.75 bits per heavy atom. The highest BCUT2D eigenvalue weighted by Crippen LogP contribution is 2.03. The quantitative estimate of drug-likeness (QED) is 0.325. The van der Waals surface area contributed by atoms with Crippen molar-refractivity contribution >= 4 is 5.84 Å². The Morgan fingerprint density at radius 3 is 2.94 bits per heavy atom. The van der Waals surface area contributed by atoms with Gasteiger partial charge >= 0.3 is 0 Å². The normalized spacial score (nSPS) is 14.4. The van der Waals surface area contributed by atoms with Crippen LogP contribution in [0.5, 0.6) is 0 Å². The first-order valence-corrected chi connectivity index (χ1v) is 5.16. The monoisotopic (exact) mass is 225 g/mol. The molecule has 0 aliphatic carbocycles. The predicted molar refractivity (Wildman–Crippen MR) is 62.1 cm³/mol. The second-order valence-electron chi connectivity index (χ2n) is 4.08. The Kier molecular flexibility index (Phi) is 4.30. The van der Waals surface area contributed by atoms with Crippen LogP contribution in [-0.4, -0.2) is 39.1 Å². The predicted octanol–water partition coefficient (Wildman–Crippen LogP) is 0.234. The third-order valence-corrected chi connectivity index (χ3v) is 2.54. The fraction of sp³-hybridized carbons (Fsp3) is 0.600. The van der Waals surface area contributed by atoms with E-state index in [0.29, 0.717) is 0 Å². The van der Waals surface area contributed by atoms with Crippen molar-refractivity contribution in [2.24, 2.45) is 23.9 Å². The van der Waals surface area contributed by atoms with Crippen LogP contribution < -0.4 is 5.73 Å². The minimum Gasteiger partial charge on any atom is -0.409 e. The Balaban J connectivity index is 2.48. The van der Waals surface area contributed by atoms with Gasteiger partial charge in [0.1, 0.15) is 11.7 Å². The minimum atomic E-state index is 0.0234. The average Bonchev–Trinajstić information content (AvgIpc) is 2.63. The first-order chi connectivity index (χ1) is 7.54. The van der Waals surface area contributed by atoms with Crippen LogP contribution in [-0.2, 0) is 13.6 Å². The third-order valence-electron chi connectivity index (χ3n) is 2.54. The van der Waals surface area contributed by atoms with Crippen LogP contribution in [0.3, 0.4) is 0 Å². The van der Waals surface area contributed by atoms with Gasteiger partial charge in [-0.05, 0) is 7.05 Å². The second-order valence-corrected chi connectivity index (χ2v) is 4.08. The molecule has 1 atom stereocenters. The average molecular weight is 225 g/mol. The standard InChI is InChI=1S/C10H19N5O/c1-8(10(11)13-16)6-14(2)7-9-12-4-5-15(9)3/h4-5,8,16H,6-7H2,1-3H3,(H2,11,13). The van der Waals surface area contributed by atoms with E-state index in [-0.39, 0.29) is 11.8 Å². The van der Waals surface area contributed by atoms with E-state index in [1.54, 1.807) is 6.20 Å². The summed E-state index contributed by atoms with van der Waals surface area (Å²) >= 11 is 0. The maximum Gasteiger partial charge on any atom is 0.143 e. The van der Waals surface area contributed by atoms with Gasteiger partial charge in [0.15, 0.2) is 0 Å². The summed E-state index contributed by atoms with van der Waals surface area (Å²) in [5.74, 6) is 1.27. The highest BCUT2D eigenvalue weighted by atomic mass is 16.4. The number of aromatic nitrogens is 2. The molecule has 1 aromatic heterocycles. The molecule has 0 amide bonds. The lowest BCUT2D eigenvalue weighted by molar-refractivity contribution is 0.284. The largest absolute Gasteiger partial charge is 0.409 e. The summed E-state index contributed by atoms with van der Waals surface area (Å²) in [5.41, 5.74) is 5.52. The molecule has 1 rings (SSSR count). The lowest BCUT2D eigenvalue weighted by Crippen LogP contribution is -2.33. The van der Waals surface area contributed by atoms with Gasteiger partial charge in [-0.2, -0.15) is 0 Å². The van der Waals surface area contributed by atoms with Gasteiger partial charge in [0.2, 0.25) is 0 Å². The zero-order valence-electron chi connectivity index (χ0n) is 9.96. The summed E-state index contributed by atoms with van der Waals surface area (Å²) in [4.78, 5) is 6.33. The summed E-state index contributed by atoms with van der Waals surface area (Å²) in [7, 11) is 3.94. The maximum absolute atomic E-state index is 8.55. The number of oxime groups is 1. The van der Waals surface area contributed by atoms with Crippen LogP contribution >= 0.6 is 0 Å². The SMILES string of the molecule is CC(CN(C)Cc1nccn1C)C(N)=NO. The highest BCUT2D eigenvalue weighted by Gasteiger charge is 2.12. The van der Waals surface area contributed by atoms with Crippen LogP contribution in [0.4, 0.5) is 0 Å². The molecule has 6 nitrogen and oxygen atoms in total. The van der Waals surface area contributed by atoms with E-state index in [9.17, 15) is 0 Å². The molecule has 1 aromatic rings. The van der Waals surface area contributed by atoms with E-state index >= 15 is 0 Å². The molecular weight excluding hydrogens is 206 g/mol. The number of imidazole rings is 1. The number of hydrogen-bond donors (Lipinski definition) is 2. The van der Waals surface area contributed by atoms with Crippen LogP contribution in [0.2, 0.25) is 0 Å². The third kappa shape index (κ3) is 3.23. The Hall–Kier alpha value is -1.56. The van der Waals surface area contributed by atoms with Crippen molar-refractivity contribution in [3.63, 3.8) is 0 Å². The molecule has 90 valence electrons. The van der Waals surface area contributed by atoms with Gasteiger partial charge in [0.05, 0.1) is 6.54 Å². The molecule has 0 saturated carbocycles. The van der Waals surface area contributed by atoms with Crippen molar-refractivity contribution in [1.29, 1.82) is 0 Å². The van der Waals surface area contributed by atoms with Gasteiger partial charge in [-0.25, -0.2) is 4.98 Å². The van der Waals surface area contributed by atoms with Gasteiger partial charge in [-0.15, -0.1) is 0 Å². The Labute approximate surface area is 95.4 Å². The molecule has 6 heteroatoms. The van der Waals surface area contributed by atoms with Crippen LogP contribution in [0.15, 0.2) is 17.5 Å². The Bertz CT molecular complexity index is 360. The molecule has 1 heterocycles. The molecule has 0 aliphatic rings. The van der Waals surface area contributed by atoms with Crippen molar-refractivity contribution in [2.45, 2.75) is 13.5 Å². The van der Waals surface area contributed by atoms with Crippen molar-refractivity contribution in [2.75, 3.05) is 13.6 Å². The van der Waals surface area contributed by atoms with Crippen molar-refractivity contribution in [3.8, 4) is 0 Å². The molecule has 1 unspecified atom stereocenters. The first kappa shape index (κ1) is 12.5.